The second-order valence-corrected chi connectivity index (χ2v) is 8.66. The minimum Gasteiger partial charge on any atom is -0.439 e. The highest BCUT2D eigenvalue weighted by atomic mass is 16.5. The Bertz CT molecular complexity index is 1270. The van der Waals surface area contributed by atoms with Gasteiger partial charge in [0.25, 0.3) is 0 Å². The Kier molecular flexibility index (Phi) is 6.24. The third-order valence-electron chi connectivity index (χ3n) is 6.35. The Balaban J connectivity index is 1.23. The van der Waals surface area contributed by atoms with Crippen molar-refractivity contribution in [3.8, 4) is 22.9 Å². The number of H-pyrrole nitrogens is 1. The Morgan fingerprint density at radius 2 is 2.03 bits per heavy atom. The average Bonchev–Trinajstić information content (AvgIpc) is 3.57. The van der Waals surface area contributed by atoms with Crippen molar-refractivity contribution in [3.05, 3.63) is 72.6 Å². The molecule has 1 aliphatic heterocycles. The normalized spacial score (nSPS) is 15.9. The van der Waals surface area contributed by atoms with Gasteiger partial charge in [-0.1, -0.05) is 18.2 Å². The van der Waals surface area contributed by atoms with E-state index in [1.165, 1.54) is 5.56 Å². The van der Waals surface area contributed by atoms with Crippen LogP contribution in [0.25, 0.3) is 22.0 Å². The molecule has 2 aromatic carbocycles. The molecule has 2 aromatic heterocycles. The van der Waals surface area contributed by atoms with Gasteiger partial charge in [0.2, 0.25) is 11.8 Å². The van der Waals surface area contributed by atoms with E-state index in [4.69, 9.17) is 9.84 Å². The van der Waals surface area contributed by atoms with Crippen LogP contribution in [-0.4, -0.2) is 68.8 Å². The maximum absolute atomic E-state index is 11.7. The number of aromatic amines is 1. The first kappa shape index (κ1) is 22.1. The van der Waals surface area contributed by atoms with Crippen molar-refractivity contribution in [2.45, 2.75) is 19.0 Å². The number of carbonyl (C=O) groups is 1. The number of pyridine rings is 1. The Labute approximate surface area is 197 Å². The summed E-state index contributed by atoms with van der Waals surface area (Å²) >= 11 is 0. The van der Waals surface area contributed by atoms with Crippen molar-refractivity contribution < 1.29 is 14.6 Å². The molecule has 8 nitrogen and oxygen atoms in total. The summed E-state index contributed by atoms with van der Waals surface area (Å²) < 4.78 is 5.96. The standard InChI is InChI=1S/C26H27N5O3/c1-30(22-9-11-31(16-22)26(33)17-32)15-18-2-3-20-13-23(6-4-19(20)12-18)34-25-7-5-21(14-27-25)24-8-10-28-29-24/h2-8,10,12-14,22,32H,9,11,15-17H2,1H3,(H,28,29)/t22-/m1/s1. The number of hydrogen-bond donors (Lipinski definition) is 2. The summed E-state index contributed by atoms with van der Waals surface area (Å²) in [7, 11) is 2.09. The molecule has 8 heteroatoms. The van der Waals surface area contributed by atoms with E-state index < -0.39 is 6.61 Å². The van der Waals surface area contributed by atoms with Gasteiger partial charge in [0.05, 0.1) is 5.69 Å². The summed E-state index contributed by atoms with van der Waals surface area (Å²) in [6.07, 6.45) is 4.39. The zero-order valence-corrected chi connectivity index (χ0v) is 19.0. The zero-order chi connectivity index (χ0) is 23.5. The van der Waals surface area contributed by atoms with Gasteiger partial charge in [0, 0.05) is 49.7 Å². The fourth-order valence-corrected chi connectivity index (χ4v) is 4.42. The molecule has 1 fully saturated rings. The minimum atomic E-state index is -0.417. The lowest BCUT2D eigenvalue weighted by atomic mass is 10.1. The molecule has 5 rings (SSSR count). The Hall–Kier alpha value is -3.75. The third-order valence-corrected chi connectivity index (χ3v) is 6.35. The first-order chi connectivity index (χ1) is 16.6. The molecule has 0 unspecified atom stereocenters. The van der Waals surface area contributed by atoms with E-state index in [0.717, 1.165) is 40.7 Å². The maximum atomic E-state index is 11.7. The number of amides is 1. The number of fused-ring (bicyclic) bond motifs is 1. The summed E-state index contributed by atoms with van der Waals surface area (Å²) in [6.45, 7) is 1.75. The maximum Gasteiger partial charge on any atom is 0.248 e. The number of nitrogens with one attached hydrogen (secondary N) is 1. The van der Waals surface area contributed by atoms with Crippen LogP contribution in [0.4, 0.5) is 0 Å². The molecule has 174 valence electrons. The van der Waals surface area contributed by atoms with E-state index in [9.17, 15) is 4.79 Å². The third kappa shape index (κ3) is 4.78. The lowest BCUT2D eigenvalue weighted by molar-refractivity contribution is -0.133. The molecule has 0 saturated carbocycles. The van der Waals surface area contributed by atoms with Crippen molar-refractivity contribution in [1.29, 1.82) is 0 Å². The Morgan fingerprint density at radius 3 is 2.79 bits per heavy atom. The molecular formula is C26H27N5O3. The van der Waals surface area contributed by atoms with E-state index in [0.29, 0.717) is 25.0 Å². The number of carbonyl (C=O) groups excluding carboxylic acids is 1. The van der Waals surface area contributed by atoms with Crippen LogP contribution in [0.2, 0.25) is 0 Å². The van der Waals surface area contributed by atoms with Crippen LogP contribution in [0.3, 0.4) is 0 Å². The molecule has 0 radical (unpaired) electrons. The summed E-state index contributed by atoms with van der Waals surface area (Å²) in [6, 6.07) is 18.5. The van der Waals surface area contributed by atoms with Crippen LogP contribution in [-0.2, 0) is 11.3 Å². The van der Waals surface area contributed by atoms with Crippen LogP contribution >= 0.6 is 0 Å². The summed E-state index contributed by atoms with van der Waals surface area (Å²) in [5, 5.41) is 18.2. The van der Waals surface area contributed by atoms with Crippen molar-refractivity contribution in [3.63, 3.8) is 0 Å². The highest BCUT2D eigenvalue weighted by Gasteiger charge is 2.28. The molecule has 4 aromatic rings. The number of aromatic nitrogens is 3. The van der Waals surface area contributed by atoms with Gasteiger partial charge in [-0.3, -0.25) is 14.8 Å². The topological polar surface area (TPSA) is 94.6 Å². The largest absolute Gasteiger partial charge is 0.439 e. The number of nitrogens with zero attached hydrogens (tertiary/aromatic N) is 4. The second kappa shape index (κ2) is 9.62. The number of ether oxygens (including phenoxy) is 1. The van der Waals surface area contributed by atoms with Crippen molar-refractivity contribution in [2.75, 3.05) is 26.7 Å². The van der Waals surface area contributed by atoms with Gasteiger partial charge in [0.1, 0.15) is 12.4 Å². The van der Waals surface area contributed by atoms with Gasteiger partial charge >= 0.3 is 0 Å². The van der Waals surface area contributed by atoms with Gasteiger partial charge in [-0.15, -0.1) is 0 Å². The van der Waals surface area contributed by atoms with Gasteiger partial charge < -0.3 is 14.7 Å². The molecule has 34 heavy (non-hydrogen) atoms. The molecule has 3 heterocycles. The van der Waals surface area contributed by atoms with Gasteiger partial charge in [0.15, 0.2) is 0 Å². The highest BCUT2D eigenvalue weighted by molar-refractivity contribution is 5.84. The van der Waals surface area contributed by atoms with E-state index in [2.05, 4.69) is 51.4 Å². The lowest BCUT2D eigenvalue weighted by Gasteiger charge is -2.24. The number of aliphatic hydroxyl groups is 1. The predicted molar refractivity (Wildman–Crippen MR) is 129 cm³/mol. The van der Waals surface area contributed by atoms with Crippen LogP contribution in [0, 0.1) is 0 Å². The first-order valence-electron chi connectivity index (χ1n) is 11.3. The zero-order valence-electron chi connectivity index (χ0n) is 19.0. The first-order valence-corrected chi connectivity index (χ1v) is 11.3. The summed E-state index contributed by atoms with van der Waals surface area (Å²) in [5.74, 6) is 1.08. The number of likely N-dealkylation sites (N-methyl/N-ethyl adjacent to an activating group) is 1. The van der Waals surface area contributed by atoms with E-state index in [1.54, 1.807) is 17.3 Å². The molecule has 0 spiro atoms. The smallest absolute Gasteiger partial charge is 0.248 e. The quantitative estimate of drug-likeness (QED) is 0.442. The van der Waals surface area contributed by atoms with Gasteiger partial charge in [-0.05, 0) is 60.1 Å². The molecule has 1 aliphatic rings. The van der Waals surface area contributed by atoms with Crippen molar-refractivity contribution in [1.82, 2.24) is 25.0 Å². The number of aliphatic hydroxyl groups excluding tert-OH is 1. The van der Waals surface area contributed by atoms with Crippen molar-refractivity contribution in [2.24, 2.45) is 0 Å². The minimum absolute atomic E-state index is 0.191. The number of benzene rings is 2. The molecular weight excluding hydrogens is 430 g/mol. The highest BCUT2D eigenvalue weighted by Crippen LogP contribution is 2.27. The Morgan fingerprint density at radius 1 is 1.18 bits per heavy atom. The number of rotatable bonds is 7. The van der Waals surface area contributed by atoms with E-state index in [1.807, 2.05) is 30.3 Å². The van der Waals surface area contributed by atoms with Crippen LogP contribution in [0.15, 0.2) is 67.0 Å². The molecule has 0 aliphatic carbocycles. The molecule has 2 N–H and O–H groups in total. The van der Waals surface area contributed by atoms with Crippen LogP contribution in [0.1, 0.15) is 12.0 Å². The average molecular weight is 458 g/mol. The number of hydrogen-bond acceptors (Lipinski definition) is 6. The van der Waals surface area contributed by atoms with Gasteiger partial charge in [-0.2, -0.15) is 5.10 Å². The van der Waals surface area contributed by atoms with E-state index >= 15 is 0 Å². The monoisotopic (exact) mass is 457 g/mol. The number of likely N-dealkylation sites (tertiary alicyclic amines) is 1. The van der Waals surface area contributed by atoms with Crippen LogP contribution in [0.5, 0.6) is 11.6 Å². The SMILES string of the molecule is CN(Cc1ccc2cc(Oc3ccc(-c4ccn[nH]4)cn3)ccc2c1)[C@@H]1CCN(C(=O)CO)C1. The fraction of sp³-hybridized carbons (Fsp3) is 0.269. The molecule has 1 atom stereocenters. The van der Waals surface area contributed by atoms with E-state index in [-0.39, 0.29) is 5.91 Å². The predicted octanol–water partition coefficient (Wildman–Crippen LogP) is 3.44. The molecule has 0 bridgehead atoms. The molecule has 1 amide bonds. The lowest BCUT2D eigenvalue weighted by Crippen LogP contribution is -2.37. The summed E-state index contributed by atoms with van der Waals surface area (Å²) in [5.41, 5.74) is 3.08. The van der Waals surface area contributed by atoms with Crippen LogP contribution < -0.4 is 4.74 Å². The fourth-order valence-electron chi connectivity index (χ4n) is 4.42. The van der Waals surface area contributed by atoms with Crippen molar-refractivity contribution >= 4 is 16.7 Å². The van der Waals surface area contributed by atoms with Gasteiger partial charge in [-0.25, -0.2) is 4.98 Å². The second-order valence-electron chi connectivity index (χ2n) is 8.66. The summed E-state index contributed by atoms with van der Waals surface area (Å²) in [4.78, 5) is 20.2. The molecule has 1 saturated heterocycles.